The van der Waals surface area contributed by atoms with Crippen molar-refractivity contribution in [2.75, 3.05) is 31.5 Å². The molecule has 1 atom stereocenters. The number of thioether (sulfide) groups is 1. The topological polar surface area (TPSA) is 74.5 Å². The molecule has 2 aromatic heterocycles. The lowest BCUT2D eigenvalue weighted by atomic mass is 10.2. The van der Waals surface area contributed by atoms with Gasteiger partial charge in [-0.05, 0) is 24.6 Å². The van der Waals surface area contributed by atoms with Gasteiger partial charge >= 0.3 is 0 Å². The molecule has 0 spiro atoms. The molecule has 3 heterocycles. The number of nitrogens with zero attached hydrogens (tertiary/aromatic N) is 4. The van der Waals surface area contributed by atoms with Crippen LogP contribution < -0.4 is 5.32 Å². The van der Waals surface area contributed by atoms with Gasteiger partial charge in [0, 0.05) is 32.7 Å². The number of amides is 1. The van der Waals surface area contributed by atoms with Gasteiger partial charge in [0.1, 0.15) is 5.76 Å². The minimum Gasteiger partial charge on any atom is -0.467 e. The largest absolute Gasteiger partial charge is 0.467 e. The smallest absolute Gasteiger partial charge is 0.235 e. The van der Waals surface area contributed by atoms with Crippen molar-refractivity contribution >= 4 is 34.1 Å². The zero-order valence-electron chi connectivity index (χ0n) is 16.9. The number of aromatic nitrogens is 2. The predicted molar refractivity (Wildman–Crippen MR) is 120 cm³/mol. The zero-order valence-corrected chi connectivity index (χ0v) is 18.5. The summed E-state index contributed by atoms with van der Waals surface area (Å²) in [4.78, 5) is 17.2. The van der Waals surface area contributed by atoms with Crippen molar-refractivity contribution in [3.8, 4) is 0 Å². The Morgan fingerprint density at radius 3 is 2.70 bits per heavy atom. The van der Waals surface area contributed by atoms with E-state index in [4.69, 9.17) is 4.42 Å². The first-order chi connectivity index (χ1) is 14.7. The molecular weight excluding hydrogens is 418 g/mol. The fraction of sp³-hybridized carbons (Fsp3) is 0.381. The van der Waals surface area contributed by atoms with Gasteiger partial charge in [0.15, 0.2) is 4.34 Å². The molecule has 1 aliphatic heterocycles. The molecule has 4 rings (SSSR count). The summed E-state index contributed by atoms with van der Waals surface area (Å²) in [7, 11) is 0. The molecule has 1 N–H and O–H groups in total. The molecule has 30 heavy (non-hydrogen) atoms. The van der Waals surface area contributed by atoms with Crippen LogP contribution in [0.15, 0.2) is 57.5 Å². The van der Waals surface area contributed by atoms with Gasteiger partial charge < -0.3 is 14.6 Å². The minimum absolute atomic E-state index is 0.166. The lowest BCUT2D eigenvalue weighted by Crippen LogP contribution is -2.50. The number of benzene rings is 1. The van der Waals surface area contributed by atoms with Crippen LogP contribution in [0.5, 0.6) is 0 Å². The minimum atomic E-state index is -0.184. The lowest BCUT2D eigenvalue weighted by Gasteiger charge is -2.35. The Bertz CT molecular complexity index is 924. The molecule has 0 aliphatic carbocycles. The monoisotopic (exact) mass is 443 g/mol. The van der Waals surface area contributed by atoms with Crippen LogP contribution >= 0.6 is 23.1 Å². The molecule has 0 radical (unpaired) electrons. The maximum absolute atomic E-state index is 12.9. The van der Waals surface area contributed by atoms with E-state index in [-0.39, 0.29) is 11.2 Å². The van der Waals surface area contributed by atoms with Crippen molar-refractivity contribution in [2.45, 2.75) is 29.6 Å². The molecule has 7 nitrogen and oxygen atoms in total. The molecule has 158 valence electrons. The van der Waals surface area contributed by atoms with Crippen LogP contribution in [0.25, 0.3) is 0 Å². The number of rotatable bonds is 8. The van der Waals surface area contributed by atoms with E-state index in [9.17, 15) is 4.79 Å². The average Bonchev–Trinajstić information content (AvgIpc) is 3.45. The van der Waals surface area contributed by atoms with Crippen molar-refractivity contribution in [3.05, 3.63) is 60.1 Å². The van der Waals surface area contributed by atoms with Gasteiger partial charge in [0.2, 0.25) is 11.0 Å². The average molecular weight is 444 g/mol. The highest BCUT2D eigenvalue weighted by Crippen LogP contribution is 2.30. The van der Waals surface area contributed by atoms with Crippen LogP contribution in [-0.2, 0) is 17.9 Å². The molecule has 1 fully saturated rings. The highest BCUT2D eigenvalue weighted by atomic mass is 32.2. The number of carbonyl (C=O) groups is 1. The molecule has 1 unspecified atom stereocenters. The van der Waals surface area contributed by atoms with E-state index in [0.717, 1.165) is 48.0 Å². The van der Waals surface area contributed by atoms with E-state index in [1.165, 1.54) is 28.7 Å². The van der Waals surface area contributed by atoms with Crippen molar-refractivity contribution in [1.82, 2.24) is 20.0 Å². The summed E-state index contributed by atoms with van der Waals surface area (Å²) >= 11 is 2.93. The maximum Gasteiger partial charge on any atom is 0.235 e. The van der Waals surface area contributed by atoms with E-state index >= 15 is 0 Å². The van der Waals surface area contributed by atoms with Gasteiger partial charge in [-0.3, -0.25) is 9.69 Å². The standard InChI is InChI=1S/C21H25N5O2S2/c1-16(29-21-24-23-20(30-21)22-14-18-8-5-13-28-18)19(27)26-11-9-25(10-12-26)15-17-6-3-2-4-7-17/h2-8,13,16H,9-12,14-15H2,1H3,(H,22,23). The Hall–Kier alpha value is -2.36. The highest BCUT2D eigenvalue weighted by Gasteiger charge is 2.26. The molecule has 1 aromatic carbocycles. The Morgan fingerprint density at radius 2 is 1.97 bits per heavy atom. The molecule has 9 heteroatoms. The van der Waals surface area contributed by atoms with Crippen LogP contribution in [0.3, 0.4) is 0 Å². The first-order valence-corrected chi connectivity index (χ1v) is 11.7. The summed E-state index contributed by atoms with van der Waals surface area (Å²) in [5, 5.41) is 12.1. The lowest BCUT2D eigenvalue weighted by molar-refractivity contribution is -0.132. The molecule has 1 saturated heterocycles. The fourth-order valence-electron chi connectivity index (χ4n) is 3.33. The summed E-state index contributed by atoms with van der Waals surface area (Å²) in [6.07, 6.45) is 1.65. The molecule has 1 aliphatic rings. The number of furan rings is 1. The van der Waals surface area contributed by atoms with E-state index in [1.807, 2.05) is 30.0 Å². The van der Waals surface area contributed by atoms with Gasteiger partial charge in [-0.2, -0.15) is 0 Å². The number of nitrogens with one attached hydrogen (secondary N) is 1. The van der Waals surface area contributed by atoms with Crippen LogP contribution in [0.2, 0.25) is 0 Å². The normalized spacial score (nSPS) is 15.8. The second kappa shape index (κ2) is 10.1. The molecule has 1 amide bonds. The van der Waals surface area contributed by atoms with E-state index < -0.39 is 0 Å². The Balaban J connectivity index is 1.22. The first-order valence-electron chi connectivity index (χ1n) is 9.99. The Kier molecular flexibility index (Phi) is 7.03. The molecule has 3 aromatic rings. The van der Waals surface area contributed by atoms with Crippen molar-refractivity contribution < 1.29 is 9.21 Å². The molecular formula is C21H25N5O2S2. The highest BCUT2D eigenvalue weighted by molar-refractivity contribution is 8.02. The van der Waals surface area contributed by atoms with Gasteiger partial charge in [0.05, 0.1) is 18.1 Å². The van der Waals surface area contributed by atoms with Gasteiger partial charge in [0.25, 0.3) is 0 Å². The van der Waals surface area contributed by atoms with E-state index in [1.54, 1.807) is 6.26 Å². The van der Waals surface area contributed by atoms with E-state index in [2.05, 4.69) is 44.7 Å². The Labute approximate surface area is 184 Å². The van der Waals surface area contributed by atoms with Crippen molar-refractivity contribution in [1.29, 1.82) is 0 Å². The number of anilines is 1. The van der Waals surface area contributed by atoms with Gasteiger partial charge in [-0.25, -0.2) is 0 Å². The quantitative estimate of drug-likeness (QED) is 0.534. The summed E-state index contributed by atoms with van der Waals surface area (Å²) in [5.74, 6) is 1.01. The second-order valence-electron chi connectivity index (χ2n) is 7.15. The SMILES string of the molecule is CC(Sc1nnc(NCc2ccco2)s1)C(=O)N1CCN(Cc2ccccc2)CC1. The van der Waals surface area contributed by atoms with Crippen molar-refractivity contribution in [2.24, 2.45) is 0 Å². The summed E-state index contributed by atoms with van der Waals surface area (Å²) in [6.45, 7) is 6.78. The number of carbonyl (C=O) groups excluding carboxylic acids is 1. The second-order valence-corrected chi connectivity index (χ2v) is 9.72. The summed E-state index contributed by atoms with van der Waals surface area (Å²) in [6, 6.07) is 14.2. The number of piperazine rings is 1. The van der Waals surface area contributed by atoms with Crippen LogP contribution in [0.4, 0.5) is 5.13 Å². The van der Waals surface area contributed by atoms with Crippen LogP contribution in [0, 0.1) is 0 Å². The molecule has 0 saturated carbocycles. The third kappa shape index (κ3) is 5.62. The fourth-order valence-corrected chi connectivity index (χ4v) is 5.31. The zero-order chi connectivity index (χ0) is 20.8. The summed E-state index contributed by atoms with van der Waals surface area (Å²) < 4.78 is 6.09. The maximum atomic E-state index is 12.9. The van der Waals surface area contributed by atoms with E-state index in [0.29, 0.717) is 6.54 Å². The van der Waals surface area contributed by atoms with Gasteiger partial charge in [-0.1, -0.05) is 53.4 Å². The Morgan fingerprint density at radius 1 is 1.17 bits per heavy atom. The van der Waals surface area contributed by atoms with Crippen molar-refractivity contribution in [3.63, 3.8) is 0 Å². The number of hydrogen-bond donors (Lipinski definition) is 1. The third-order valence-electron chi connectivity index (χ3n) is 4.96. The number of hydrogen-bond acceptors (Lipinski definition) is 8. The molecule has 0 bridgehead atoms. The van der Waals surface area contributed by atoms with Crippen LogP contribution in [-0.4, -0.2) is 57.3 Å². The predicted octanol–water partition coefficient (Wildman–Crippen LogP) is 3.57. The third-order valence-corrected chi connectivity index (χ3v) is 7.01. The summed E-state index contributed by atoms with van der Waals surface area (Å²) in [5.41, 5.74) is 1.31. The van der Waals surface area contributed by atoms with Crippen LogP contribution in [0.1, 0.15) is 18.2 Å². The van der Waals surface area contributed by atoms with Gasteiger partial charge in [-0.15, -0.1) is 10.2 Å². The first kappa shape index (κ1) is 20.9.